The molecular weight excluding hydrogens is 354 g/mol. The van der Waals surface area contributed by atoms with Crippen molar-refractivity contribution in [3.63, 3.8) is 0 Å². The zero-order valence-electron chi connectivity index (χ0n) is 16.8. The molecule has 5 aliphatic rings. The van der Waals surface area contributed by atoms with E-state index in [2.05, 4.69) is 43.4 Å². The number of hydrogen-bond donors (Lipinski definition) is 2. The van der Waals surface area contributed by atoms with Crippen molar-refractivity contribution in [3.8, 4) is 0 Å². The molecule has 0 amide bonds. The number of nitrogens with zero attached hydrogens (tertiary/aromatic N) is 1. The molecule has 0 bridgehead atoms. The Bertz CT molecular complexity index is 743. The van der Waals surface area contributed by atoms with Crippen molar-refractivity contribution in [2.24, 2.45) is 34.5 Å². The van der Waals surface area contributed by atoms with Gasteiger partial charge in [-0.05, 0) is 66.6 Å². The van der Waals surface area contributed by atoms with Crippen LogP contribution in [0.2, 0.25) is 0 Å². The first kappa shape index (κ1) is 18.2. The summed E-state index contributed by atoms with van der Waals surface area (Å²) in [4.78, 5) is 2.30. The van der Waals surface area contributed by atoms with E-state index in [1.807, 2.05) is 11.8 Å². The van der Waals surface area contributed by atoms with E-state index in [1.165, 1.54) is 24.1 Å². The minimum atomic E-state index is -0.148. The van der Waals surface area contributed by atoms with Crippen molar-refractivity contribution in [2.45, 2.75) is 65.4 Å². The minimum Gasteiger partial charge on any atom is -0.510 e. The van der Waals surface area contributed by atoms with E-state index < -0.39 is 0 Å². The van der Waals surface area contributed by atoms with Gasteiger partial charge in [0.2, 0.25) is 0 Å². The van der Waals surface area contributed by atoms with Crippen molar-refractivity contribution >= 4 is 11.8 Å². The van der Waals surface area contributed by atoms with Crippen LogP contribution in [-0.2, 0) is 0 Å². The Labute approximate surface area is 167 Å². The van der Waals surface area contributed by atoms with Crippen LogP contribution in [0.5, 0.6) is 0 Å². The van der Waals surface area contributed by atoms with E-state index in [4.69, 9.17) is 0 Å². The molecule has 1 heterocycles. The molecule has 1 aliphatic heterocycles. The molecule has 0 radical (unpaired) electrons. The van der Waals surface area contributed by atoms with Gasteiger partial charge in [-0.3, -0.25) is 0 Å². The fraction of sp³-hybridized carbons (Fsp3) is 0.739. The van der Waals surface area contributed by atoms with Gasteiger partial charge in [-0.1, -0.05) is 32.4 Å². The lowest BCUT2D eigenvalue weighted by atomic mass is 9.46. The molecule has 0 aromatic carbocycles. The van der Waals surface area contributed by atoms with Gasteiger partial charge in [-0.25, -0.2) is 0 Å². The molecule has 0 spiro atoms. The van der Waals surface area contributed by atoms with Crippen molar-refractivity contribution in [3.05, 3.63) is 34.7 Å². The van der Waals surface area contributed by atoms with E-state index in [0.29, 0.717) is 29.4 Å². The summed E-state index contributed by atoms with van der Waals surface area (Å²) < 4.78 is 0. The van der Waals surface area contributed by atoms with Gasteiger partial charge in [0.25, 0.3) is 0 Å². The smallest absolute Gasteiger partial charge is 0.113 e. The average Bonchev–Trinajstić information content (AvgIpc) is 3.21. The molecule has 4 aliphatic carbocycles. The van der Waals surface area contributed by atoms with Crippen molar-refractivity contribution in [1.29, 1.82) is 0 Å². The topological polar surface area (TPSA) is 43.7 Å². The normalized spacial score (nSPS) is 49.0. The molecule has 2 unspecified atom stereocenters. The second kappa shape index (κ2) is 6.06. The molecule has 5 rings (SSSR count). The first-order chi connectivity index (χ1) is 12.8. The van der Waals surface area contributed by atoms with Crippen LogP contribution in [0.3, 0.4) is 0 Å². The third-order valence-corrected chi connectivity index (χ3v) is 9.60. The molecule has 2 N–H and O–H groups in total. The van der Waals surface area contributed by atoms with Crippen LogP contribution in [0.25, 0.3) is 0 Å². The van der Waals surface area contributed by atoms with Crippen LogP contribution in [0.1, 0.15) is 59.3 Å². The van der Waals surface area contributed by atoms with Gasteiger partial charge in [0.05, 0.1) is 17.7 Å². The molecule has 0 saturated heterocycles. The number of rotatable bonds is 1. The fourth-order valence-corrected chi connectivity index (χ4v) is 8.24. The van der Waals surface area contributed by atoms with E-state index in [9.17, 15) is 10.2 Å². The Hall–Kier alpha value is -0.870. The highest BCUT2D eigenvalue weighted by Gasteiger charge is 2.60. The van der Waals surface area contributed by atoms with Crippen LogP contribution in [0, 0.1) is 34.5 Å². The first-order valence-electron chi connectivity index (χ1n) is 10.7. The van der Waals surface area contributed by atoms with Gasteiger partial charge in [0.1, 0.15) is 5.76 Å². The maximum absolute atomic E-state index is 11.0. The van der Waals surface area contributed by atoms with Crippen LogP contribution < -0.4 is 0 Å². The number of allylic oxidation sites excluding steroid dienone is 3. The van der Waals surface area contributed by atoms with E-state index in [1.54, 1.807) is 0 Å². The van der Waals surface area contributed by atoms with Crippen LogP contribution in [-0.4, -0.2) is 27.1 Å². The standard InChI is InChI=1S/C23H33NO2S/c1-14-10-15-11-16(25)4-6-22(15,2)17-5-7-23(3)18(20(14)17)12-19(26)21(23)24-8-9-27-13-24/h8-10,14,16-18,20,25-26H,4-7,11-13H2,1-3H3/t14?,16?,17-,18+,20-,22+,23+/m1/s1. The van der Waals surface area contributed by atoms with Gasteiger partial charge in [0.15, 0.2) is 0 Å². The highest BCUT2D eigenvalue weighted by atomic mass is 32.2. The van der Waals surface area contributed by atoms with Crippen molar-refractivity contribution in [2.75, 3.05) is 5.88 Å². The molecule has 2 fully saturated rings. The maximum atomic E-state index is 11.0. The molecule has 27 heavy (non-hydrogen) atoms. The molecule has 148 valence electrons. The molecule has 0 aromatic rings. The molecule has 0 aromatic heterocycles. The van der Waals surface area contributed by atoms with Gasteiger partial charge < -0.3 is 15.1 Å². The molecule has 7 atom stereocenters. The Morgan fingerprint density at radius 3 is 2.63 bits per heavy atom. The lowest BCUT2D eigenvalue weighted by molar-refractivity contribution is -0.0525. The molecular formula is C23H33NO2S. The highest BCUT2D eigenvalue weighted by molar-refractivity contribution is 8.02. The van der Waals surface area contributed by atoms with Crippen molar-refractivity contribution < 1.29 is 10.2 Å². The van der Waals surface area contributed by atoms with Crippen LogP contribution in [0.4, 0.5) is 0 Å². The zero-order valence-corrected chi connectivity index (χ0v) is 17.6. The lowest BCUT2D eigenvalue weighted by Crippen LogP contribution is -2.53. The number of thioether (sulfide) groups is 1. The number of aliphatic hydroxyl groups is 2. The summed E-state index contributed by atoms with van der Waals surface area (Å²) >= 11 is 1.81. The third kappa shape index (κ3) is 2.45. The summed E-state index contributed by atoms with van der Waals surface area (Å²) in [6.45, 7) is 7.28. The molecule has 2 saturated carbocycles. The third-order valence-electron chi connectivity index (χ3n) is 8.86. The van der Waals surface area contributed by atoms with Gasteiger partial charge in [-0.15, -0.1) is 11.8 Å². The lowest BCUT2D eigenvalue weighted by Gasteiger charge is -2.59. The summed E-state index contributed by atoms with van der Waals surface area (Å²) in [5.74, 6) is 3.96. The zero-order chi connectivity index (χ0) is 19.0. The first-order valence-corrected chi connectivity index (χ1v) is 11.8. The molecule has 4 heteroatoms. The highest BCUT2D eigenvalue weighted by Crippen LogP contribution is 2.67. The quantitative estimate of drug-likeness (QED) is 0.590. The second-order valence-electron chi connectivity index (χ2n) is 10.2. The van der Waals surface area contributed by atoms with Gasteiger partial charge in [0, 0.05) is 18.0 Å². The summed E-state index contributed by atoms with van der Waals surface area (Å²) in [5, 5.41) is 23.4. The second-order valence-corrected chi connectivity index (χ2v) is 11.0. The van der Waals surface area contributed by atoms with Gasteiger partial charge in [-0.2, -0.15) is 0 Å². The Morgan fingerprint density at radius 1 is 1.11 bits per heavy atom. The van der Waals surface area contributed by atoms with E-state index in [-0.39, 0.29) is 16.9 Å². The van der Waals surface area contributed by atoms with E-state index in [0.717, 1.165) is 31.6 Å². The summed E-state index contributed by atoms with van der Waals surface area (Å²) in [7, 11) is 0. The van der Waals surface area contributed by atoms with Gasteiger partial charge >= 0.3 is 0 Å². The van der Waals surface area contributed by atoms with Crippen LogP contribution in [0.15, 0.2) is 34.7 Å². The Kier molecular flexibility index (Phi) is 4.08. The summed E-state index contributed by atoms with van der Waals surface area (Å²) in [6, 6.07) is 0. The number of fused-ring (bicyclic) bond motifs is 5. The van der Waals surface area contributed by atoms with Crippen LogP contribution >= 0.6 is 11.8 Å². The number of hydrogen-bond acceptors (Lipinski definition) is 4. The summed E-state index contributed by atoms with van der Waals surface area (Å²) in [6.07, 6.45) is 10.7. The summed E-state index contributed by atoms with van der Waals surface area (Å²) in [5.41, 5.74) is 3.07. The fourth-order valence-electron chi connectivity index (χ4n) is 7.55. The number of aliphatic hydroxyl groups excluding tert-OH is 2. The van der Waals surface area contributed by atoms with Crippen molar-refractivity contribution in [1.82, 2.24) is 4.90 Å². The largest absolute Gasteiger partial charge is 0.510 e. The monoisotopic (exact) mass is 387 g/mol. The Morgan fingerprint density at radius 2 is 1.89 bits per heavy atom. The molecule has 3 nitrogen and oxygen atoms in total. The average molecular weight is 388 g/mol. The maximum Gasteiger partial charge on any atom is 0.113 e. The minimum absolute atomic E-state index is 0.0879. The predicted octanol–water partition coefficient (Wildman–Crippen LogP) is 5.41. The van der Waals surface area contributed by atoms with E-state index >= 15 is 0 Å². The SMILES string of the molecule is CC1C=C2CC(O)CC[C@]2(C)[C@@H]2CC[C@]3(C)C(N4C=CSC4)=C(O)C[C@H]3[C@H]12. The Balaban J connectivity index is 1.52. The predicted molar refractivity (Wildman–Crippen MR) is 111 cm³/mol.